The SMILES string of the molecule is [B]C([B])CC(CC([B])[B])CC(CC(CC([B])[B])CC([B])[B])CC(CC(CC(CC([B])[B])CC([B])[B])CC(CC([B])[B])CC([B])[B])CC(CC(CC(CC(CC([B])[B])CC([B])[B])CC(CC([B])[B])CC([B])[B])CC(CC(CC([B])[B])CC([B])[B])CC(CC([B])[B])CC([B])[B])CC(CC(CC(CC([B])[B])CC([B])[B])CC(CC([B])[B])CC([B])[B])CC(CC(CC([B])[B])CC([B])[B])CC(CC([B])[B])C([B])[B]. The zero-order valence-corrected chi connectivity index (χ0v) is 85.4. The van der Waals surface area contributed by atoms with Gasteiger partial charge in [0.05, 0.1) is 377 Å². The molecule has 138 heavy (non-hydrogen) atoms. The topological polar surface area (TPSA) is 0 Å². The molecule has 0 aliphatic rings. The van der Waals surface area contributed by atoms with E-state index < -0.39 is 143 Å². The Labute approximate surface area is 919 Å². The van der Waals surface area contributed by atoms with Crippen molar-refractivity contribution in [3.8, 4) is 0 Å². The van der Waals surface area contributed by atoms with Crippen molar-refractivity contribution in [2.24, 2.45) is 130 Å². The van der Waals surface area contributed by atoms with Crippen molar-refractivity contribution in [2.45, 2.75) is 420 Å². The summed E-state index contributed by atoms with van der Waals surface area (Å²) in [5.74, 6) is -4.60. The van der Waals surface area contributed by atoms with Gasteiger partial charge in [-0.3, -0.25) is 0 Å². The van der Waals surface area contributed by atoms with E-state index >= 15 is 0 Å². The van der Waals surface area contributed by atoms with Gasteiger partial charge in [0, 0.05) is 0 Å². The van der Waals surface area contributed by atoms with Crippen LogP contribution in [0.15, 0.2) is 0 Å². The van der Waals surface area contributed by atoms with E-state index in [1.165, 1.54) is 0 Å². The first-order valence-electron chi connectivity index (χ1n) is 52.3. The first-order valence-corrected chi connectivity index (χ1v) is 52.3. The van der Waals surface area contributed by atoms with Crippen molar-refractivity contribution < 1.29 is 0 Å². The molecule has 0 saturated heterocycles. The maximum absolute atomic E-state index is 6.98. The molecule has 0 aromatic heterocycles. The van der Waals surface area contributed by atoms with Crippen LogP contribution in [0.3, 0.4) is 0 Å². The number of hydrogen-bond donors (Lipinski definition) is 0. The zero-order valence-electron chi connectivity index (χ0n) is 85.4. The van der Waals surface area contributed by atoms with Crippen molar-refractivity contribution in [2.75, 3.05) is 0 Å². The molecule has 3 unspecified atom stereocenters. The van der Waals surface area contributed by atoms with Crippen LogP contribution in [0.25, 0.3) is 0 Å². The van der Waals surface area contributed by atoms with E-state index in [0.717, 1.165) is 0 Å². The second-order valence-electron chi connectivity index (χ2n) is 45.2. The Hall–Kier alpha value is 3.12. The highest BCUT2D eigenvalue weighted by Crippen LogP contribution is 2.52. The van der Waals surface area contributed by atoms with Crippen molar-refractivity contribution in [1.82, 2.24) is 0 Å². The van der Waals surface area contributed by atoms with Crippen LogP contribution in [-0.2, 0) is 0 Å². The second-order valence-corrected chi connectivity index (χ2v) is 45.2. The molecule has 0 rings (SSSR count). The average molecular weight is 1740 g/mol. The van der Waals surface area contributed by atoms with Crippen LogP contribution >= 0.6 is 0 Å². The van der Waals surface area contributed by atoms with Gasteiger partial charge in [0.25, 0.3) is 0 Å². The summed E-state index contributed by atoms with van der Waals surface area (Å²) in [5.41, 5.74) is -18.1. The molecule has 0 spiro atoms. The zero-order chi connectivity index (χ0) is 106. The molecule has 0 aliphatic heterocycles. The van der Waals surface area contributed by atoms with Gasteiger partial charge in [-0.2, -0.15) is 0 Å². The molecule has 0 N–H and O–H groups in total. The minimum absolute atomic E-state index is 0.170. The largest absolute Gasteiger partial charge is 0.109 e. The van der Waals surface area contributed by atoms with Crippen LogP contribution in [0.4, 0.5) is 0 Å². The molecular weight excluding hydrogens is 1600 g/mol. The molecule has 0 aliphatic carbocycles. The van der Waals surface area contributed by atoms with E-state index in [1.54, 1.807) is 0 Å². The molecule has 0 aromatic carbocycles. The summed E-state index contributed by atoms with van der Waals surface area (Å²) in [6, 6.07) is 0. The van der Waals surface area contributed by atoms with Crippen LogP contribution in [0.2, 0.25) is 137 Å². The van der Waals surface area contributed by atoms with Gasteiger partial charge in [0.1, 0.15) is 0 Å². The molecule has 96 radical (unpaired) electrons. The highest BCUT2D eigenvalue weighted by Gasteiger charge is 2.39. The summed E-state index contributed by atoms with van der Waals surface area (Å²) >= 11 is 0. The Kier molecular flexibility index (Phi) is 80.9. The Morgan fingerprint density at radius 2 is 0.123 bits per heavy atom. The fraction of sp³-hybridized carbons (Fsp3) is 1.00. The summed E-state index contributed by atoms with van der Waals surface area (Å²) in [6.45, 7) is 0. The van der Waals surface area contributed by atoms with Crippen molar-refractivity contribution in [3.05, 3.63) is 0 Å². The van der Waals surface area contributed by atoms with Gasteiger partial charge < -0.3 is 0 Å². The fourth-order valence-corrected chi connectivity index (χ4v) is 25.1. The lowest BCUT2D eigenvalue weighted by atomic mass is 9.54. The third-order valence-corrected chi connectivity index (χ3v) is 28.4. The minimum atomic E-state index is -0.869. The molecule has 3 atom stereocenters. The fourth-order valence-electron chi connectivity index (χ4n) is 25.1. The maximum Gasteiger partial charge on any atom is 0.0579 e. The molecule has 638 valence electrons. The van der Waals surface area contributed by atoms with Crippen LogP contribution in [0.1, 0.15) is 283 Å². The molecule has 48 heteroatoms. The third kappa shape index (κ3) is 79.1. The van der Waals surface area contributed by atoms with E-state index in [-0.39, 0.29) is 131 Å². The summed E-state index contributed by atoms with van der Waals surface area (Å²) < 4.78 is 0. The predicted octanol–water partition coefficient (Wildman–Crippen LogP) is 9.70. The predicted molar refractivity (Wildman–Crippen MR) is 646 cm³/mol. The smallest absolute Gasteiger partial charge is 0.0579 e. The van der Waals surface area contributed by atoms with Gasteiger partial charge in [0.15, 0.2) is 0 Å². The van der Waals surface area contributed by atoms with E-state index in [1.807, 2.05) is 0 Å². The van der Waals surface area contributed by atoms with Gasteiger partial charge >= 0.3 is 0 Å². The number of hydrogen-bond acceptors (Lipinski definition) is 0. The van der Waals surface area contributed by atoms with Gasteiger partial charge in [-0.25, -0.2) is 0 Å². The van der Waals surface area contributed by atoms with Crippen LogP contribution in [0.5, 0.6) is 0 Å². The lowest BCUT2D eigenvalue weighted by molar-refractivity contribution is 0.123. The first kappa shape index (κ1) is 141. The summed E-state index contributed by atoms with van der Waals surface area (Å²) in [4.78, 5) is 0. The molecule has 0 bridgehead atoms. The monoisotopic (exact) mass is 1740 g/mol. The van der Waals surface area contributed by atoms with E-state index in [2.05, 4.69) is 0 Å². The summed E-state index contributed by atoms with van der Waals surface area (Å²) in [6.07, 6.45) is 20.4. The van der Waals surface area contributed by atoms with E-state index in [4.69, 9.17) is 377 Å². The molecular formula is C90H134B48. The Bertz CT molecular complexity index is 2340. The Balaban J connectivity index is 12.3. The molecule has 0 aromatic rings. The lowest BCUT2D eigenvalue weighted by Gasteiger charge is -2.40. The van der Waals surface area contributed by atoms with Crippen LogP contribution in [0, 0.1) is 130 Å². The second kappa shape index (κ2) is 79.1. The standard InChI is InChI=1S/C90H134B48/c91-67(92)22-55(23-68(93)94)10-49(11-56(24-69(95)96)25-70(97)98)4-46(5-50(12-57(26-71(99)100)27-72(101)102)13-58(28-73(103)104)29-74(105)106)1-45(3-48(9-54(21-66(90(137)138)44-89(135)136)20-65(42-87(131)132)43-88(133)134)8-53(18-63(38-83(123)124)39-84(125)126)19-64(40-85(127)128)41-86(129)130)2-47(6-51(14-59(30-75(107)108)31-76(109)110)15-60(32-77(111)112)33-78(113)114)7-52(16-61(34-79(115)116)35-80(117)118)17-62(36-81(119)120)37-82(121)122/h45-90H,1-44H2. The Morgan fingerprint density at radius 3 is 0.181 bits per heavy atom. The summed E-state index contributed by atoms with van der Waals surface area (Å²) in [7, 11) is 322. The van der Waals surface area contributed by atoms with Crippen LogP contribution in [-0.4, -0.2) is 377 Å². The van der Waals surface area contributed by atoms with Gasteiger partial charge in [0.2, 0.25) is 0 Å². The molecule has 0 fully saturated rings. The van der Waals surface area contributed by atoms with Crippen molar-refractivity contribution in [1.29, 1.82) is 0 Å². The minimum Gasteiger partial charge on any atom is -0.109 e. The van der Waals surface area contributed by atoms with Gasteiger partial charge in [-0.1, -0.05) is 154 Å². The Morgan fingerprint density at radius 1 is 0.0652 bits per heavy atom. The van der Waals surface area contributed by atoms with Gasteiger partial charge in [-0.15, -0.1) is 137 Å². The normalized spacial score (nSPS) is 14.1. The van der Waals surface area contributed by atoms with Gasteiger partial charge in [-0.05, 0) is 259 Å². The maximum atomic E-state index is 6.98. The molecule has 0 heterocycles. The third-order valence-electron chi connectivity index (χ3n) is 28.4. The van der Waals surface area contributed by atoms with Crippen LogP contribution < -0.4 is 0 Å². The first-order chi connectivity index (χ1) is 64.0. The highest BCUT2D eigenvalue weighted by molar-refractivity contribution is 6.43. The quantitative estimate of drug-likeness (QED) is 0.0533. The number of rotatable bonds is 89. The van der Waals surface area contributed by atoms with Crippen molar-refractivity contribution >= 4 is 377 Å². The summed E-state index contributed by atoms with van der Waals surface area (Å²) in [5, 5.41) is 0. The molecule has 0 nitrogen and oxygen atoms in total. The molecule has 0 saturated carbocycles. The average Bonchev–Trinajstić information content (AvgIpc) is 0.835. The lowest BCUT2D eigenvalue weighted by Crippen LogP contribution is -2.29. The van der Waals surface area contributed by atoms with Crippen molar-refractivity contribution in [3.63, 3.8) is 0 Å². The molecule has 0 amide bonds. The van der Waals surface area contributed by atoms with E-state index in [9.17, 15) is 0 Å². The van der Waals surface area contributed by atoms with E-state index in [0.29, 0.717) is 276 Å². The highest BCUT2D eigenvalue weighted by atomic mass is 14.4.